The lowest BCUT2D eigenvalue weighted by molar-refractivity contribution is 0.552. The average Bonchev–Trinajstić information content (AvgIpc) is 2.41. The van der Waals surface area contributed by atoms with Gasteiger partial charge < -0.3 is 5.32 Å². The number of benzene rings is 2. The lowest BCUT2D eigenvalue weighted by Gasteiger charge is -2.19. The van der Waals surface area contributed by atoms with Crippen molar-refractivity contribution in [3.05, 3.63) is 65.9 Å². The molecule has 0 aliphatic rings. The molecule has 0 aliphatic heterocycles. The first-order valence-electron chi connectivity index (χ1n) is 6.07. The van der Waals surface area contributed by atoms with Crippen LogP contribution < -0.4 is 5.32 Å². The van der Waals surface area contributed by atoms with E-state index >= 15 is 0 Å². The third-order valence-electron chi connectivity index (χ3n) is 3.12. The van der Waals surface area contributed by atoms with Gasteiger partial charge >= 0.3 is 0 Å². The molecular formula is C15H13Br2FIN. The summed E-state index contributed by atoms with van der Waals surface area (Å²) in [4.78, 5) is 0. The molecule has 0 radical (unpaired) electrons. The van der Waals surface area contributed by atoms with Gasteiger partial charge in [0.1, 0.15) is 5.82 Å². The molecule has 2 rings (SSSR count). The van der Waals surface area contributed by atoms with Crippen LogP contribution in [-0.4, -0.2) is 7.05 Å². The zero-order chi connectivity index (χ0) is 14.7. The predicted molar refractivity (Wildman–Crippen MR) is 96.5 cm³/mol. The molecule has 0 amide bonds. The van der Waals surface area contributed by atoms with E-state index in [2.05, 4.69) is 71.9 Å². The lowest BCUT2D eigenvalue weighted by Crippen LogP contribution is -2.20. The van der Waals surface area contributed by atoms with Crippen molar-refractivity contribution in [1.29, 1.82) is 0 Å². The highest BCUT2D eigenvalue weighted by Gasteiger charge is 2.16. The Labute approximate surface area is 148 Å². The molecule has 0 saturated carbocycles. The Hall–Kier alpha value is 0.0200. The van der Waals surface area contributed by atoms with Crippen molar-refractivity contribution in [3.8, 4) is 0 Å². The van der Waals surface area contributed by atoms with E-state index in [4.69, 9.17) is 0 Å². The van der Waals surface area contributed by atoms with Gasteiger partial charge in [0.15, 0.2) is 0 Å². The Balaban J connectivity index is 2.31. The minimum absolute atomic E-state index is 0.0788. The third kappa shape index (κ3) is 4.02. The molecule has 2 aromatic rings. The molecule has 1 atom stereocenters. The summed E-state index contributed by atoms with van der Waals surface area (Å²) >= 11 is 9.08. The minimum atomic E-state index is -0.176. The van der Waals surface area contributed by atoms with Crippen LogP contribution >= 0.6 is 54.5 Å². The van der Waals surface area contributed by atoms with Crippen LogP contribution in [0.4, 0.5) is 4.39 Å². The van der Waals surface area contributed by atoms with Crippen LogP contribution in [-0.2, 0) is 6.42 Å². The normalized spacial score (nSPS) is 12.4. The highest BCUT2D eigenvalue weighted by molar-refractivity contribution is 14.1. The molecule has 0 saturated heterocycles. The molecule has 106 valence electrons. The second-order valence-electron chi connectivity index (χ2n) is 4.45. The van der Waals surface area contributed by atoms with Gasteiger partial charge in [-0.25, -0.2) is 4.39 Å². The van der Waals surface area contributed by atoms with Gasteiger partial charge in [-0.15, -0.1) is 0 Å². The van der Waals surface area contributed by atoms with Crippen molar-refractivity contribution in [1.82, 2.24) is 5.32 Å². The Kier molecular flexibility index (Phi) is 6.01. The van der Waals surface area contributed by atoms with Crippen molar-refractivity contribution in [2.45, 2.75) is 12.5 Å². The Morgan fingerprint density at radius 1 is 1.15 bits per heavy atom. The number of rotatable bonds is 4. The fourth-order valence-corrected chi connectivity index (χ4v) is 3.48. The smallest absolute Gasteiger partial charge is 0.127 e. The van der Waals surface area contributed by atoms with Gasteiger partial charge in [0.05, 0.1) is 0 Å². The zero-order valence-corrected chi connectivity index (χ0v) is 16.1. The van der Waals surface area contributed by atoms with Crippen molar-refractivity contribution >= 4 is 54.5 Å². The van der Waals surface area contributed by atoms with E-state index in [1.165, 1.54) is 15.2 Å². The van der Waals surface area contributed by atoms with Crippen molar-refractivity contribution in [2.24, 2.45) is 0 Å². The average molecular weight is 513 g/mol. The second-order valence-corrected chi connectivity index (χ2v) is 7.44. The van der Waals surface area contributed by atoms with Crippen molar-refractivity contribution in [3.63, 3.8) is 0 Å². The molecule has 1 nitrogen and oxygen atoms in total. The number of halogens is 4. The standard InChI is InChI=1S/C15H13Br2FIN/c1-20-15(12-7-10(16)4-5-14(12)19)6-9-2-3-11(17)8-13(9)18/h2-5,7-8,15,20H,6H2,1H3. The van der Waals surface area contributed by atoms with E-state index in [1.807, 2.05) is 25.2 Å². The van der Waals surface area contributed by atoms with Crippen LogP contribution in [0.2, 0.25) is 0 Å². The Morgan fingerprint density at radius 2 is 1.80 bits per heavy atom. The molecule has 0 heterocycles. The molecule has 2 aromatic carbocycles. The summed E-state index contributed by atoms with van der Waals surface area (Å²) in [5.41, 5.74) is 1.88. The number of nitrogens with one attached hydrogen (secondary N) is 1. The first-order valence-corrected chi connectivity index (χ1v) is 8.74. The highest BCUT2D eigenvalue weighted by Crippen LogP contribution is 2.27. The highest BCUT2D eigenvalue weighted by atomic mass is 127. The Morgan fingerprint density at radius 3 is 2.45 bits per heavy atom. The zero-order valence-electron chi connectivity index (χ0n) is 10.8. The fourth-order valence-electron chi connectivity index (χ4n) is 2.06. The topological polar surface area (TPSA) is 12.0 Å². The van der Waals surface area contributed by atoms with Crippen LogP contribution in [0, 0.1) is 9.39 Å². The van der Waals surface area contributed by atoms with E-state index in [1.54, 1.807) is 0 Å². The summed E-state index contributed by atoms with van der Waals surface area (Å²) in [6, 6.07) is 11.4. The van der Waals surface area contributed by atoms with E-state index in [-0.39, 0.29) is 11.9 Å². The molecule has 1 N–H and O–H groups in total. The van der Waals surface area contributed by atoms with Gasteiger partial charge in [-0.2, -0.15) is 0 Å². The van der Waals surface area contributed by atoms with Gasteiger partial charge in [0.25, 0.3) is 0 Å². The minimum Gasteiger partial charge on any atom is -0.313 e. The van der Waals surface area contributed by atoms with Gasteiger partial charge in [0, 0.05) is 18.6 Å². The molecule has 1 unspecified atom stereocenters. The summed E-state index contributed by atoms with van der Waals surface area (Å²) in [6.07, 6.45) is 0.613. The van der Waals surface area contributed by atoms with Gasteiger partial charge in [0.2, 0.25) is 0 Å². The number of hydrogen-bond donors (Lipinski definition) is 1. The molecule has 0 aromatic heterocycles. The molecular weight excluding hydrogens is 500 g/mol. The van der Waals surface area contributed by atoms with Crippen LogP contribution in [0.15, 0.2) is 45.3 Å². The molecule has 20 heavy (non-hydrogen) atoms. The van der Waals surface area contributed by atoms with Crippen LogP contribution in [0.5, 0.6) is 0 Å². The molecule has 0 fully saturated rings. The monoisotopic (exact) mass is 511 g/mol. The van der Waals surface area contributed by atoms with E-state index in [0.29, 0.717) is 12.0 Å². The SMILES string of the molecule is CNC(Cc1ccc(Br)cc1F)c1cc(Br)ccc1I. The number of likely N-dealkylation sites (N-methyl/N-ethyl adjacent to an activating group) is 1. The summed E-state index contributed by atoms with van der Waals surface area (Å²) in [6.45, 7) is 0. The largest absolute Gasteiger partial charge is 0.313 e. The lowest BCUT2D eigenvalue weighted by atomic mass is 9.99. The van der Waals surface area contributed by atoms with Gasteiger partial charge in [-0.1, -0.05) is 37.9 Å². The maximum absolute atomic E-state index is 14.0. The summed E-state index contributed by atoms with van der Waals surface area (Å²) in [5.74, 6) is -0.176. The summed E-state index contributed by atoms with van der Waals surface area (Å²) in [7, 11) is 1.90. The summed E-state index contributed by atoms with van der Waals surface area (Å²) in [5, 5.41) is 3.27. The molecule has 0 spiro atoms. The van der Waals surface area contributed by atoms with E-state index in [9.17, 15) is 4.39 Å². The maximum atomic E-state index is 14.0. The summed E-state index contributed by atoms with van der Waals surface area (Å²) < 4.78 is 16.9. The quantitative estimate of drug-likeness (QED) is 0.537. The third-order valence-corrected chi connectivity index (χ3v) is 5.09. The molecule has 0 aliphatic carbocycles. The van der Waals surface area contributed by atoms with E-state index < -0.39 is 0 Å². The molecule has 5 heteroatoms. The Bertz CT molecular complexity index is 619. The molecule has 0 bridgehead atoms. The number of hydrogen-bond acceptors (Lipinski definition) is 1. The van der Waals surface area contributed by atoms with Crippen LogP contribution in [0.25, 0.3) is 0 Å². The van der Waals surface area contributed by atoms with Gasteiger partial charge in [-0.3, -0.25) is 0 Å². The first-order chi connectivity index (χ1) is 9.51. The predicted octanol–water partition coefficient (Wildman–Crippen LogP) is 5.46. The van der Waals surface area contributed by atoms with E-state index in [0.717, 1.165) is 8.95 Å². The second kappa shape index (κ2) is 7.33. The fraction of sp³-hybridized carbons (Fsp3) is 0.200. The van der Waals surface area contributed by atoms with Crippen LogP contribution in [0.3, 0.4) is 0 Å². The first kappa shape index (κ1) is 16.4. The van der Waals surface area contributed by atoms with Crippen LogP contribution in [0.1, 0.15) is 17.2 Å². The van der Waals surface area contributed by atoms with Crippen molar-refractivity contribution < 1.29 is 4.39 Å². The van der Waals surface area contributed by atoms with Crippen molar-refractivity contribution in [2.75, 3.05) is 7.05 Å². The van der Waals surface area contributed by atoms with Gasteiger partial charge in [-0.05, 0) is 77.5 Å². The maximum Gasteiger partial charge on any atom is 0.127 e.